The monoisotopic (exact) mass is 434 g/mol. The van der Waals surface area contributed by atoms with Gasteiger partial charge < -0.3 is 19.5 Å². The summed E-state index contributed by atoms with van der Waals surface area (Å²) in [6, 6.07) is 9.16. The quantitative estimate of drug-likeness (QED) is 0.293. The number of nitro groups is 1. The summed E-state index contributed by atoms with van der Waals surface area (Å²) in [5.74, 6) is -0.305. The Morgan fingerprint density at radius 2 is 2.00 bits per heavy atom. The number of nitrogens with one attached hydrogen (secondary N) is 1. The van der Waals surface area contributed by atoms with Crippen LogP contribution in [0.3, 0.4) is 0 Å². The van der Waals surface area contributed by atoms with E-state index in [4.69, 9.17) is 25.8 Å². The van der Waals surface area contributed by atoms with Crippen molar-refractivity contribution in [2.45, 2.75) is 26.1 Å². The van der Waals surface area contributed by atoms with Crippen molar-refractivity contribution in [2.24, 2.45) is 0 Å². The van der Waals surface area contributed by atoms with Gasteiger partial charge in [0.2, 0.25) is 0 Å². The fraction of sp³-hybridized carbons (Fsp3) is 0.300. The molecule has 0 atom stereocenters. The molecule has 1 aliphatic rings. The topological polar surface area (TPSA) is 117 Å². The molecular formula is C20H19ClN2O7. The van der Waals surface area contributed by atoms with Crippen LogP contribution in [0.4, 0.5) is 5.69 Å². The Morgan fingerprint density at radius 1 is 1.23 bits per heavy atom. The van der Waals surface area contributed by atoms with Gasteiger partial charge in [-0.3, -0.25) is 19.7 Å². The van der Waals surface area contributed by atoms with E-state index in [1.165, 1.54) is 12.1 Å². The van der Waals surface area contributed by atoms with Gasteiger partial charge in [-0.1, -0.05) is 11.6 Å². The zero-order valence-electron chi connectivity index (χ0n) is 15.9. The third kappa shape index (κ3) is 5.68. The lowest BCUT2D eigenvalue weighted by Gasteiger charge is -2.20. The van der Waals surface area contributed by atoms with Crippen LogP contribution >= 0.6 is 11.6 Å². The highest BCUT2D eigenvalue weighted by Gasteiger charge is 2.21. The van der Waals surface area contributed by atoms with Crippen molar-refractivity contribution in [3.05, 3.63) is 68.2 Å². The first kappa shape index (κ1) is 21.5. The van der Waals surface area contributed by atoms with Gasteiger partial charge in [0.15, 0.2) is 6.79 Å². The number of esters is 1. The highest BCUT2D eigenvalue weighted by atomic mass is 35.5. The molecule has 0 saturated carbocycles. The maximum atomic E-state index is 12.0. The zero-order chi connectivity index (χ0) is 21.5. The number of benzene rings is 2. The molecule has 1 N–H and O–H groups in total. The Hall–Kier alpha value is -3.17. The predicted molar refractivity (Wildman–Crippen MR) is 106 cm³/mol. The van der Waals surface area contributed by atoms with Crippen molar-refractivity contribution in [3.63, 3.8) is 0 Å². The Kier molecular flexibility index (Phi) is 7.21. The van der Waals surface area contributed by atoms with Crippen LogP contribution < -0.4 is 10.1 Å². The van der Waals surface area contributed by atoms with E-state index in [0.29, 0.717) is 40.4 Å². The van der Waals surface area contributed by atoms with Crippen LogP contribution in [0.15, 0.2) is 36.4 Å². The van der Waals surface area contributed by atoms with Gasteiger partial charge in [0, 0.05) is 46.8 Å². The van der Waals surface area contributed by atoms with Gasteiger partial charge in [0.05, 0.1) is 11.5 Å². The van der Waals surface area contributed by atoms with E-state index in [9.17, 15) is 19.7 Å². The highest BCUT2D eigenvalue weighted by Crippen LogP contribution is 2.33. The van der Waals surface area contributed by atoms with Crippen molar-refractivity contribution >= 4 is 29.2 Å². The molecule has 0 bridgehead atoms. The van der Waals surface area contributed by atoms with E-state index in [0.717, 1.165) is 0 Å². The number of nitro benzene ring substituents is 1. The number of fused-ring (bicyclic) bond motifs is 1. The van der Waals surface area contributed by atoms with E-state index in [1.807, 2.05) is 0 Å². The second kappa shape index (κ2) is 10.0. The molecule has 0 unspecified atom stereocenters. The molecule has 2 aromatic carbocycles. The van der Waals surface area contributed by atoms with E-state index >= 15 is 0 Å². The van der Waals surface area contributed by atoms with E-state index in [-0.39, 0.29) is 38.0 Å². The number of rotatable bonds is 8. The molecule has 0 fully saturated rings. The molecule has 0 saturated heterocycles. The molecule has 2 aromatic rings. The first-order chi connectivity index (χ1) is 14.4. The number of nitrogens with zero attached hydrogens (tertiary/aromatic N) is 1. The molecule has 0 aromatic heterocycles. The van der Waals surface area contributed by atoms with Crippen LogP contribution in [-0.4, -0.2) is 30.1 Å². The molecule has 158 valence electrons. The van der Waals surface area contributed by atoms with Crippen molar-refractivity contribution in [1.29, 1.82) is 0 Å². The Labute approximate surface area is 177 Å². The standard InChI is InChI=1S/C20H19ClN2O7/c21-16-5-3-13(4-6-16)20(25)22-7-1-2-18(24)29-11-15-9-17(23(26)27)8-14-10-28-12-30-19(14)15/h3-6,8-9H,1-2,7,10-12H2,(H,22,25). The maximum Gasteiger partial charge on any atom is 0.306 e. The van der Waals surface area contributed by atoms with E-state index in [2.05, 4.69) is 5.32 Å². The number of ether oxygens (including phenoxy) is 3. The van der Waals surface area contributed by atoms with Crippen LogP contribution in [0.25, 0.3) is 0 Å². The minimum atomic E-state index is -0.524. The molecule has 1 amide bonds. The van der Waals surface area contributed by atoms with Gasteiger partial charge in [-0.25, -0.2) is 0 Å². The summed E-state index contributed by atoms with van der Waals surface area (Å²) in [7, 11) is 0. The van der Waals surface area contributed by atoms with Gasteiger partial charge >= 0.3 is 5.97 Å². The smallest absolute Gasteiger partial charge is 0.306 e. The van der Waals surface area contributed by atoms with Gasteiger partial charge in [-0.15, -0.1) is 0 Å². The predicted octanol–water partition coefficient (Wildman–Crippen LogP) is 3.37. The average Bonchev–Trinajstić information content (AvgIpc) is 2.75. The number of amides is 1. The summed E-state index contributed by atoms with van der Waals surface area (Å²) in [4.78, 5) is 34.6. The lowest BCUT2D eigenvalue weighted by atomic mass is 10.1. The minimum Gasteiger partial charge on any atom is -0.467 e. The molecular weight excluding hydrogens is 416 g/mol. The number of hydrogen-bond donors (Lipinski definition) is 1. The highest BCUT2D eigenvalue weighted by molar-refractivity contribution is 6.30. The number of carbonyl (C=O) groups is 2. The number of halogens is 1. The third-order valence-electron chi connectivity index (χ3n) is 4.32. The lowest BCUT2D eigenvalue weighted by molar-refractivity contribution is -0.385. The summed E-state index contributed by atoms with van der Waals surface area (Å²) < 4.78 is 15.8. The Morgan fingerprint density at radius 3 is 2.73 bits per heavy atom. The second-order valence-corrected chi connectivity index (χ2v) is 6.92. The number of non-ortho nitro benzene ring substituents is 1. The lowest BCUT2D eigenvalue weighted by Crippen LogP contribution is -2.25. The summed E-state index contributed by atoms with van der Waals surface area (Å²) in [5.41, 5.74) is 1.29. The number of hydrogen-bond acceptors (Lipinski definition) is 7. The largest absolute Gasteiger partial charge is 0.467 e. The molecule has 1 aliphatic heterocycles. The van der Waals surface area contributed by atoms with Crippen molar-refractivity contribution in [3.8, 4) is 5.75 Å². The SMILES string of the molecule is O=C(CCCNC(=O)c1ccc(Cl)cc1)OCc1cc([N+](=O)[O-])cc2c1OCOC2. The van der Waals surface area contributed by atoms with Gasteiger partial charge in [0.25, 0.3) is 11.6 Å². The summed E-state index contributed by atoms with van der Waals surface area (Å²) >= 11 is 5.78. The molecule has 9 nitrogen and oxygen atoms in total. The van der Waals surface area contributed by atoms with Gasteiger partial charge in [0.1, 0.15) is 12.4 Å². The first-order valence-corrected chi connectivity index (χ1v) is 9.52. The molecule has 1 heterocycles. The van der Waals surface area contributed by atoms with Crippen LogP contribution in [-0.2, 0) is 27.5 Å². The maximum absolute atomic E-state index is 12.0. The van der Waals surface area contributed by atoms with Crippen molar-refractivity contribution < 1.29 is 28.7 Å². The Balaban J connectivity index is 1.47. The minimum absolute atomic E-state index is 0.0269. The molecule has 10 heteroatoms. The van der Waals surface area contributed by atoms with Crippen molar-refractivity contribution in [1.82, 2.24) is 5.32 Å². The summed E-state index contributed by atoms with van der Waals surface area (Å²) in [5, 5.41) is 14.3. The molecule has 3 rings (SSSR count). The fourth-order valence-corrected chi connectivity index (χ4v) is 2.99. The Bertz CT molecular complexity index is 947. The van der Waals surface area contributed by atoms with Crippen LogP contribution in [0, 0.1) is 10.1 Å². The first-order valence-electron chi connectivity index (χ1n) is 9.14. The number of carbonyl (C=O) groups excluding carboxylic acids is 2. The normalized spacial score (nSPS) is 12.4. The zero-order valence-corrected chi connectivity index (χ0v) is 16.6. The molecule has 0 aliphatic carbocycles. The van der Waals surface area contributed by atoms with Crippen LogP contribution in [0.5, 0.6) is 5.75 Å². The van der Waals surface area contributed by atoms with Crippen LogP contribution in [0.1, 0.15) is 34.3 Å². The molecule has 0 radical (unpaired) electrons. The van der Waals surface area contributed by atoms with E-state index < -0.39 is 10.9 Å². The van der Waals surface area contributed by atoms with Gasteiger partial charge in [-0.2, -0.15) is 0 Å². The summed E-state index contributed by atoms with van der Waals surface area (Å²) in [6.45, 7) is 0.355. The average molecular weight is 435 g/mol. The van der Waals surface area contributed by atoms with Crippen LogP contribution in [0.2, 0.25) is 5.02 Å². The van der Waals surface area contributed by atoms with E-state index in [1.54, 1.807) is 24.3 Å². The fourth-order valence-electron chi connectivity index (χ4n) is 2.86. The van der Waals surface area contributed by atoms with Gasteiger partial charge in [-0.05, 0) is 30.7 Å². The molecule has 30 heavy (non-hydrogen) atoms. The second-order valence-electron chi connectivity index (χ2n) is 6.49. The third-order valence-corrected chi connectivity index (χ3v) is 4.57. The van der Waals surface area contributed by atoms with Crippen molar-refractivity contribution in [2.75, 3.05) is 13.3 Å². The summed E-state index contributed by atoms with van der Waals surface area (Å²) in [6.07, 6.45) is 0.470. The molecule has 0 spiro atoms.